The van der Waals surface area contributed by atoms with E-state index in [0.717, 1.165) is 16.1 Å². The lowest BCUT2D eigenvalue weighted by Gasteiger charge is -2.19. The summed E-state index contributed by atoms with van der Waals surface area (Å²) in [7, 11) is 0. The summed E-state index contributed by atoms with van der Waals surface area (Å²) in [6, 6.07) is 15.6. The molecule has 0 spiro atoms. The molecule has 0 aliphatic carbocycles. The van der Waals surface area contributed by atoms with Gasteiger partial charge in [-0.3, -0.25) is 4.79 Å². The third-order valence-corrected chi connectivity index (χ3v) is 5.53. The van der Waals surface area contributed by atoms with Crippen LogP contribution in [0.5, 0.6) is 0 Å². The Morgan fingerprint density at radius 1 is 1.21 bits per heavy atom. The van der Waals surface area contributed by atoms with Gasteiger partial charge in [0, 0.05) is 23.2 Å². The van der Waals surface area contributed by atoms with Gasteiger partial charge in [0.15, 0.2) is 5.65 Å². The number of hydrogen-bond donors (Lipinski definition) is 0. The molecule has 0 unspecified atom stereocenters. The molecule has 3 heterocycles. The van der Waals surface area contributed by atoms with Crippen molar-refractivity contribution in [2.24, 2.45) is 0 Å². The normalized spacial score (nSPS) is 10.9. The van der Waals surface area contributed by atoms with Crippen molar-refractivity contribution in [3.63, 3.8) is 0 Å². The molecule has 0 N–H and O–H groups in total. The monoisotopic (exact) mass is 408 g/mol. The van der Waals surface area contributed by atoms with E-state index < -0.39 is 0 Å². The number of rotatable bonds is 6. The van der Waals surface area contributed by atoms with Crippen molar-refractivity contribution in [1.29, 1.82) is 0 Å². The smallest absolute Gasteiger partial charge is 0.259 e. The number of fused-ring (bicyclic) bond motifs is 1. The standard InChI is InChI=1S/C21H17ClN4OS/c1-2-12-25(14-16-8-9-19(22)28-16)21(27)17-13-24-26-18(10-11-23-20(17)26)15-6-4-3-5-7-15/h2-11,13H,1,12,14H2. The van der Waals surface area contributed by atoms with Crippen LogP contribution in [0.15, 0.2) is 73.6 Å². The maximum Gasteiger partial charge on any atom is 0.259 e. The van der Waals surface area contributed by atoms with Crippen LogP contribution in [0.1, 0.15) is 15.2 Å². The van der Waals surface area contributed by atoms with Crippen molar-refractivity contribution < 1.29 is 4.79 Å². The Bertz CT molecular complexity index is 1140. The number of carbonyl (C=O) groups excluding carboxylic acids is 1. The Hall–Kier alpha value is -2.96. The van der Waals surface area contributed by atoms with Crippen molar-refractivity contribution in [3.8, 4) is 11.3 Å². The zero-order chi connectivity index (χ0) is 19.5. The predicted molar refractivity (Wildman–Crippen MR) is 113 cm³/mol. The fraction of sp³-hybridized carbons (Fsp3) is 0.0952. The third-order valence-electron chi connectivity index (χ3n) is 4.31. The number of amides is 1. The molecular weight excluding hydrogens is 392 g/mol. The van der Waals surface area contributed by atoms with Crippen molar-refractivity contribution in [2.75, 3.05) is 6.54 Å². The van der Waals surface area contributed by atoms with E-state index in [1.54, 1.807) is 27.9 Å². The number of thiophene rings is 1. The molecule has 0 saturated heterocycles. The molecule has 5 nitrogen and oxygen atoms in total. The summed E-state index contributed by atoms with van der Waals surface area (Å²) in [5.41, 5.74) is 2.88. The predicted octanol–water partition coefficient (Wildman–Crippen LogP) is 4.94. The van der Waals surface area contributed by atoms with Crippen molar-refractivity contribution in [1.82, 2.24) is 19.5 Å². The minimum absolute atomic E-state index is 0.142. The van der Waals surface area contributed by atoms with Gasteiger partial charge in [0.25, 0.3) is 5.91 Å². The van der Waals surface area contributed by atoms with Gasteiger partial charge in [0.1, 0.15) is 5.56 Å². The van der Waals surface area contributed by atoms with Gasteiger partial charge in [0.2, 0.25) is 0 Å². The average Bonchev–Trinajstić information content (AvgIpc) is 3.33. The fourth-order valence-corrected chi connectivity index (χ4v) is 4.14. The lowest BCUT2D eigenvalue weighted by molar-refractivity contribution is 0.0766. The molecule has 0 atom stereocenters. The third kappa shape index (κ3) is 3.56. The molecule has 0 aliphatic heterocycles. The van der Waals surface area contributed by atoms with Crippen LogP contribution in [0, 0.1) is 0 Å². The van der Waals surface area contributed by atoms with Gasteiger partial charge in [-0.1, -0.05) is 48.0 Å². The van der Waals surface area contributed by atoms with Gasteiger partial charge in [-0.25, -0.2) is 9.50 Å². The molecule has 0 fully saturated rings. The highest BCUT2D eigenvalue weighted by molar-refractivity contribution is 7.16. The first-order chi connectivity index (χ1) is 13.7. The summed E-state index contributed by atoms with van der Waals surface area (Å²) in [5, 5.41) is 4.43. The Labute approximate surface area is 171 Å². The highest BCUT2D eigenvalue weighted by Gasteiger charge is 2.22. The molecule has 0 bridgehead atoms. The number of nitrogens with zero attached hydrogens (tertiary/aromatic N) is 4. The van der Waals surface area contributed by atoms with Gasteiger partial charge in [-0.05, 0) is 18.2 Å². The van der Waals surface area contributed by atoms with Crippen LogP contribution in [0.25, 0.3) is 16.9 Å². The molecule has 1 amide bonds. The molecular formula is C21H17ClN4OS. The zero-order valence-corrected chi connectivity index (χ0v) is 16.5. The molecule has 3 aromatic heterocycles. The van der Waals surface area contributed by atoms with Crippen molar-refractivity contribution in [3.05, 3.63) is 88.4 Å². The van der Waals surface area contributed by atoms with Crippen LogP contribution in [-0.2, 0) is 6.54 Å². The molecule has 4 aromatic rings. The lowest BCUT2D eigenvalue weighted by Crippen LogP contribution is -2.30. The summed E-state index contributed by atoms with van der Waals surface area (Å²) in [5.74, 6) is -0.142. The first kappa shape index (κ1) is 18.4. The first-order valence-electron chi connectivity index (χ1n) is 8.70. The zero-order valence-electron chi connectivity index (χ0n) is 15.0. The molecule has 0 radical (unpaired) electrons. The largest absolute Gasteiger partial charge is 0.330 e. The second-order valence-corrected chi connectivity index (χ2v) is 7.97. The highest BCUT2D eigenvalue weighted by Crippen LogP contribution is 2.25. The highest BCUT2D eigenvalue weighted by atomic mass is 35.5. The topological polar surface area (TPSA) is 50.5 Å². The summed E-state index contributed by atoms with van der Waals surface area (Å²) in [4.78, 5) is 20.4. The van der Waals surface area contributed by atoms with Crippen LogP contribution in [0.4, 0.5) is 0 Å². The van der Waals surface area contributed by atoms with E-state index in [1.165, 1.54) is 11.3 Å². The molecule has 4 rings (SSSR count). The van der Waals surface area contributed by atoms with Crippen LogP contribution in [0.2, 0.25) is 4.34 Å². The maximum absolute atomic E-state index is 13.2. The molecule has 28 heavy (non-hydrogen) atoms. The number of halogens is 1. The maximum atomic E-state index is 13.2. The Balaban J connectivity index is 1.71. The van der Waals surface area contributed by atoms with Crippen LogP contribution < -0.4 is 0 Å². The van der Waals surface area contributed by atoms with E-state index in [9.17, 15) is 4.79 Å². The van der Waals surface area contributed by atoms with Crippen molar-refractivity contribution in [2.45, 2.75) is 6.54 Å². The lowest BCUT2D eigenvalue weighted by atomic mass is 10.1. The minimum Gasteiger partial charge on any atom is -0.330 e. The Morgan fingerprint density at radius 3 is 2.75 bits per heavy atom. The Morgan fingerprint density at radius 2 is 2.04 bits per heavy atom. The summed E-state index contributed by atoms with van der Waals surface area (Å²) < 4.78 is 2.41. The summed E-state index contributed by atoms with van der Waals surface area (Å²) in [6.45, 7) is 4.65. The average molecular weight is 409 g/mol. The molecule has 7 heteroatoms. The quantitative estimate of drug-likeness (QED) is 0.424. The van der Waals surface area contributed by atoms with E-state index in [-0.39, 0.29) is 5.91 Å². The van der Waals surface area contributed by atoms with Crippen molar-refractivity contribution >= 4 is 34.5 Å². The fourth-order valence-electron chi connectivity index (χ4n) is 3.04. The second-order valence-electron chi connectivity index (χ2n) is 6.17. The minimum atomic E-state index is -0.142. The van der Waals surface area contributed by atoms with E-state index >= 15 is 0 Å². The number of carbonyl (C=O) groups is 1. The van der Waals surface area contributed by atoms with Gasteiger partial charge < -0.3 is 4.90 Å². The van der Waals surface area contributed by atoms with Gasteiger partial charge in [-0.2, -0.15) is 5.10 Å². The number of aromatic nitrogens is 3. The Kier molecular flexibility index (Phi) is 5.23. The molecule has 1 aromatic carbocycles. The van der Waals surface area contributed by atoms with Crippen LogP contribution >= 0.6 is 22.9 Å². The molecule has 140 valence electrons. The second kappa shape index (κ2) is 7.96. The van der Waals surface area contributed by atoms with Crippen LogP contribution in [0.3, 0.4) is 0 Å². The van der Waals surface area contributed by atoms with E-state index in [2.05, 4.69) is 16.7 Å². The number of benzene rings is 1. The summed E-state index contributed by atoms with van der Waals surface area (Å²) >= 11 is 7.49. The number of hydrogen-bond acceptors (Lipinski definition) is 4. The van der Waals surface area contributed by atoms with E-state index in [4.69, 9.17) is 11.6 Å². The molecule has 0 aliphatic rings. The van der Waals surface area contributed by atoms with Gasteiger partial charge >= 0.3 is 0 Å². The van der Waals surface area contributed by atoms with Gasteiger partial charge in [0.05, 0.1) is 22.8 Å². The SMILES string of the molecule is C=CCN(Cc1ccc(Cl)s1)C(=O)c1cnn2c(-c3ccccc3)ccnc12. The van der Waals surface area contributed by atoms with E-state index in [0.29, 0.717) is 28.6 Å². The first-order valence-corrected chi connectivity index (χ1v) is 9.89. The van der Waals surface area contributed by atoms with Crippen LogP contribution in [-0.4, -0.2) is 31.9 Å². The van der Waals surface area contributed by atoms with Gasteiger partial charge in [-0.15, -0.1) is 17.9 Å². The molecule has 0 saturated carbocycles. The summed E-state index contributed by atoms with van der Waals surface area (Å²) in [6.07, 6.45) is 4.99. The van der Waals surface area contributed by atoms with E-state index in [1.807, 2.05) is 48.5 Å².